The van der Waals surface area contributed by atoms with Crippen molar-refractivity contribution in [3.05, 3.63) is 64.2 Å². The lowest BCUT2D eigenvalue weighted by atomic mass is 10.2. The van der Waals surface area contributed by atoms with Gasteiger partial charge in [0, 0.05) is 49.7 Å². The maximum absolute atomic E-state index is 10.6. The average Bonchev–Trinajstić information content (AvgIpc) is 3.63. The molecule has 6 nitrogen and oxygen atoms in total. The highest BCUT2D eigenvalue weighted by Crippen LogP contribution is 2.32. The molecule has 6 heteroatoms. The topological polar surface area (TPSA) is 73.4 Å². The summed E-state index contributed by atoms with van der Waals surface area (Å²) in [6, 6.07) is 16.9. The van der Waals surface area contributed by atoms with Crippen LogP contribution in [0.2, 0.25) is 0 Å². The van der Waals surface area contributed by atoms with E-state index in [-0.39, 0.29) is 10.6 Å². The SMILES string of the molecule is CCCN(CC1CC1)c1ccc([N+](=O)[O-])cc1.CCCN(CCC)c1ccc(C#N)cc1. The number of nitriles is 1. The van der Waals surface area contributed by atoms with Crippen LogP contribution in [-0.4, -0.2) is 31.1 Å². The minimum atomic E-state index is -0.352. The molecule has 0 amide bonds. The summed E-state index contributed by atoms with van der Waals surface area (Å²) in [5, 5.41) is 19.3. The number of hydrogen-bond donors (Lipinski definition) is 0. The molecule has 1 aliphatic rings. The Morgan fingerprint density at radius 1 is 0.875 bits per heavy atom. The van der Waals surface area contributed by atoms with Crippen molar-refractivity contribution in [2.75, 3.05) is 36.0 Å². The molecule has 2 aromatic carbocycles. The number of rotatable bonds is 11. The molecule has 3 rings (SSSR count). The number of benzene rings is 2. The van der Waals surface area contributed by atoms with E-state index in [1.807, 2.05) is 36.4 Å². The molecule has 172 valence electrons. The second-order valence-electron chi connectivity index (χ2n) is 8.31. The first-order valence-corrected chi connectivity index (χ1v) is 11.8. The van der Waals surface area contributed by atoms with Gasteiger partial charge in [0.2, 0.25) is 0 Å². The fourth-order valence-corrected chi connectivity index (χ4v) is 3.65. The van der Waals surface area contributed by atoms with Gasteiger partial charge < -0.3 is 9.80 Å². The van der Waals surface area contributed by atoms with Gasteiger partial charge in [-0.15, -0.1) is 0 Å². The summed E-state index contributed by atoms with van der Waals surface area (Å²) in [7, 11) is 0. The van der Waals surface area contributed by atoms with Crippen molar-refractivity contribution in [3.8, 4) is 6.07 Å². The van der Waals surface area contributed by atoms with Gasteiger partial charge in [-0.2, -0.15) is 5.26 Å². The van der Waals surface area contributed by atoms with Crippen molar-refractivity contribution in [1.82, 2.24) is 0 Å². The van der Waals surface area contributed by atoms with E-state index < -0.39 is 0 Å². The molecule has 0 saturated heterocycles. The Morgan fingerprint density at radius 2 is 1.34 bits per heavy atom. The maximum atomic E-state index is 10.6. The van der Waals surface area contributed by atoms with Crippen LogP contribution in [0.3, 0.4) is 0 Å². The van der Waals surface area contributed by atoms with E-state index in [1.165, 1.54) is 18.5 Å². The molecular weight excluding hydrogens is 400 g/mol. The van der Waals surface area contributed by atoms with E-state index in [9.17, 15) is 10.1 Å². The molecule has 32 heavy (non-hydrogen) atoms. The first-order valence-electron chi connectivity index (χ1n) is 11.8. The summed E-state index contributed by atoms with van der Waals surface area (Å²) in [4.78, 5) is 14.9. The summed E-state index contributed by atoms with van der Waals surface area (Å²) in [6.07, 6.45) is 6.06. The highest BCUT2D eigenvalue weighted by Gasteiger charge is 2.24. The van der Waals surface area contributed by atoms with Gasteiger partial charge in [0.25, 0.3) is 5.69 Å². The quantitative estimate of drug-likeness (QED) is 0.301. The predicted molar refractivity (Wildman–Crippen MR) is 132 cm³/mol. The zero-order valence-corrected chi connectivity index (χ0v) is 19.7. The second kappa shape index (κ2) is 13.4. The van der Waals surface area contributed by atoms with Crippen LogP contribution in [-0.2, 0) is 0 Å². The van der Waals surface area contributed by atoms with E-state index in [0.717, 1.165) is 62.6 Å². The van der Waals surface area contributed by atoms with Crippen molar-refractivity contribution in [2.45, 2.75) is 52.9 Å². The van der Waals surface area contributed by atoms with Crippen LogP contribution in [0.15, 0.2) is 48.5 Å². The lowest BCUT2D eigenvalue weighted by Gasteiger charge is -2.24. The van der Waals surface area contributed by atoms with Gasteiger partial charge in [-0.05, 0) is 74.4 Å². The first-order chi connectivity index (χ1) is 15.5. The van der Waals surface area contributed by atoms with Crippen LogP contribution in [0.4, 0.5) is 17.1 Å². The number of nitro groups is 1. The molecule has 1 saturated carbocycles. The van der Waals surface area contributed by atoms with Crippen LogP contribution >= 0.6 is 0 Å². The molecule has 2 aromatic rings. The molecule has 0 heterocycles. The number of nitrogens with zero attached hydrogens (tertiary/aromatic N) is 4. The Kier molecular flexibility index (Phi) is 10.5. The van der Waals surface area contributed by atoms with Crippen molar-refractivity contribution in [3.63, 3.8) is 0 Å². The van der Waals surface area contributed by atoms with Crippen LogP contribution in [0.25, 0.3) is 0 Å². The number of nitro benzene ring substituents is 1. The minimum absolute atomic E-state index is 0.164. The third-order valence-electron chi connectivity index (χ3n) is 5.44. The fourth-order valence-electron chi connectivity index (χ4n) is 3.65. The lowest BCUT2D eigenvalue weighted by Crippen LogP contribution is -2.26. The lowest BCUT2D eigenvalue weighted by molar-refractivity contribution is -0.384. The molecule has 0 aliphatic heterocycles. The van der Waals surface area contributed by atoms with Gasteiger partial charge in [-0.3, -0.25) is 10.1 Å². The third-order valence-corrected chi connectivity index (χ3v) is 5.44. The average molecular weight is 437 g/mol. The van der Waals surface area contributed by atoms with Gasteiger partial charge in [-0.25, -0.2) is 0 Å². The highest BCUT2D eigenvalue weighted by molar-refractivity contribution is 5.51. The van der Waals surface area contributed by atoms with E-state index in [2.05, 4.69) is 36.6 Å². The summed E-state index contributed by atoms with van der Waals surface area (Å²) < 4.78 is 0. The molecule has 0 spiro atoms. The standard InChI is InChI=1S/C13H18N2O2.C13H18N2/c1-2-9-14(10-11-3-4-11)12-5-7-13(8-6-12)15(16)17;1-3-9-15(10-4-2)13-7-5-12(11-14)6-8-13/h5-8,11H,2-4,9-10H2,1H3;5-8H,3-4,9-10H2,1-2H3. The first kappa shape index (κ1) is 25.2. The van der Waals surface area contributed by atoms with Gasteiger partial charge in [0.15, 0.2) is 0 Å². The van der Waals surface area contributed by atoms with Gasteiger partial charge in [-0.1, -0.05) is 20.8 Å². The summed E-state index contributed by atoms with van der Waals surface area (Å²) in [5.41, 5.74) is 3.21. The van der Waals surface area contributed by atoms with E-state index in [1.54, 1.807) is 12.1 Å². The number of hydrogen-bond acceptors (Lipinski definition) is 5. The van der Waals surface area contributed by atoms with Crippen molar-refractivity contribution in [1.29, 1.82) is 5.26 Å². The Bertz CT molecular complexity index is 849. The zero-order chi connectivity index (χ0) is 23.3. The molecule has 0 N–H and O–H groups in total. The molecule has 0 atom stereocenters. The predicted octanol–water partition coefficient (Wildman–Crippen LogP) is 6.41. The van der Waals surface area contributed by atoms with Crippen molar-refractivity contribution in [2.24, 2.45) is 5.92 Å². The fraction of sp³-hybridized carbons (Fsp3) is 0.500. The van der Waals surface area contributed by atoms with E-state index >= 15 is 0 Å². The van der Waals surface area contributed by atoms with E-state index in [4.69, 9.17) is 5.26 Å². The zero-order valence-electron chi connectivity index (χ0n) is 19.7. The van der Waals surface area contributed by atoms with Crippen LogP contribution in [0.5, 0.6) is 0 Å². The summed E-state index contributed by atoms with van der Waals surface area (Å²) in [5.74, 6) is 0.830. The molecule has 0 radical (unpaired) electrons. The second-order valence-corrected chi connectivity index (χ2v) is 8.31. The van der Waals surface area contributed by atoms with Gasteiger partial charge >= 0.3 is 0 Å². The smallest absolute Gasteiger partial charge is 0.269 e. The van der Waals surface area contributed by atoms with Crippen molar-refractivity contribution < 1.29 is 4.92 Å². The Morgan fingerprint density at radius 3 is 1.78 bits per heavy atom. The normalized spacial score (nSPS) is 12.3. The van der Waals surface area contributed by atoms with E-state index in [0.29, 0.717) is 0 Å². The van der Waals surface area contributed by atoms with Gasteiger partial charge in [0.1, 0.15) is 0 Å². The summed E-state index contributed by atoms with van der Waals surface area (Å²) in [6.45, 7) is 10.8. The van der Waals surface area contributed by atoms with Crippen LogP contribution in [0.1, 0.15) is 58.4 Å². The van der Waals surface area contributed by atoms with Gasteiger partial charge in [0.05, 0.1) is 16.6 Å². The number of non-ortho nitro benzene ring substituents is 1. The Hall–Kier alpha value is -3.07. The number of anilines is 2. The monoisotopic (exact) mass is 436 g/mol. The molecule has 0 aromatic heterocycles. The molecular formula is C26H36N4O2. The Labute approximate surface area is 192 Å². The third kappa shape index (κ3) is 8.22. The Balaban J connectivity index is 0.000000229. The van der Waals surface area contributed by atoms with Crippen LogP contribution < -0.4 is 9.80 Å². The van der Waals surface area contributed by atoms with Crippen LogP contribution in [0, 0.1) is 27.4 Å². The largest absolute Gasteiger partial charge is 0.372 e. The molecule has 0 bridgehead atoms. The summed E-state index contributed by atoms with van der Waals surface area (Å²) >= 11 is 0. The minimum Gasteiger partial charge on any atom is -0.372 e. The molecule has 0 unspecified atom stereocenters. The molecule has 1 fully saturated rings. The highest BCUT2D eigenvalue weighted by atomic mass is 16.6. The maximum Gasteiger partial charge on any atom is 0.269 e. The van der Waals surface area contributed by atoms with Crippen molar-refractivity contribution >= 4 is 17.1 Å². The molecule has 1 aliphatic carbocycles.